The second kappa shape index (κ2) is 9.33. The van der Waals surface area contributed by atoms with Crippen LogP contribution in [0.5, 0.6) is 0 Å². The quantitative estimate of drug-likeness (QED) is 0.417. The molecule has 33 heavy (non-hydrogen) atoms. The second-order valence-electron chi connectivity index (χ2n) is 7.65. The van der Waals surface area contributed by atoms with Gasteiger partial charge in [-0.05, 0) is 30.2 Å². The highest BCUT2D eigenvalue weighted by molar-refractivity contribution is 5.90. The number of aromatic nitrogens is 3. The third-order valence-corrected chi connectivity index (χ3v) is 5.09. The standard InChI is InChI=1S/C22H22F2N6O3/c1-13(25)26-8-18-11-30(22(32)33-18)17-6-19(23)21(20(24)7-17)15-4-2-14(3-5-15)9-29-10-16(12-31)27-28-29/h2-7,10,18,31H,8-9,11-12H2,1H3,(H2,25,26). The van der Waals surface area contributed by atoms with Gasteiger partial charge in [-0.1, -0.05) is 29.5 Å². The van der Waals surface area contributed by atoms with Gasteiger partial charge < -0.3 is 15.6 Å². The number of cyclic esters (lactones) is 1. The van der Waals surface area contributed by atoms with E-state index >= 15 is 0 Å². The molecule has 3 N–H and O–H groups in total. The van der Waals surface area contributed by atoms with Gasteiger partial charge in [0.05, 0.1) is 49.5 Å². The minimum Gasteiger partial charge on any atom is -0.442 e. The van der Waals surface area contributed by atoms with E-state index in [2.05, 4.69) is 15.3 Å². The Morgan fingerprint density at radius 1 is 1.27 bits per heavy atom. The van der Waals surface area contributed by atoms with E-state index < -0.39 is 23.8 Å². The average Bonchev–Trinajstić information content (AvgIpc) is 3.39. The number of anilines is 1. The van der Waals surface area contributed by atoms with Crippen LogP contribution in [-0.4, -0.2) is 51.2 Å². The van der Waals surface area contributed by atoms with Gasteiger partial charge in [0.15, 0.2) is 0 Å². The maximum Gasteiger partial charge on any atom is 0.414 e. The zero-order valence-electron chi connectivity index (χ0n) is 17.8. The summed E-state index contributed by atoms with van der Waals surface area (Å²) < 4.78 is 36.6. The molecule has 0 spiro atoms. The Balaban J connectivity index is 1.51. The van der Waals surface area contributed by atoms with Crippen molar-refractivity contribution in [2.75, 3.05) is 18.0 Å². The van der Waals surface area contributed by atoms with Gasteiger partial charge >= 0.3 is 6.09 Å². The number of halogens is 2. The number of aliphatic hydroxyl groups excluding tert-OH is 1. The van der Waals surface area contributed by atoms with Crippen molar-refractivity contribution in [3.63, 3.8) is 0 Å². The van der Waals surface area contributed by atoms with Gasteiger partial charge in [-0.15, -0.1) is 5.10 Å². The molecular weight excluding hydrogens is 434 g/mol. The Labute approximate surface area is 188 Å². The largest absolute Gasteiger partial charge is 0.442 e. The first-order valence-electron chi connectivity index (χ1n) is 10.2. The van der Waals surface area contributed by atoms with Crippen LogP contribution in [0.15, 0.2) is 47.6 Å². The minimum atomic E-state index is -0.798. The van der Waals surface area contributed by atoms with Gasteiger partial charge in [0.25, 0.3) is 0 Å². The summed E-state index contributed by atoms with van der Waals surface area (Å²) in [5, 5.41) is 16.8. The lowest BCUT2D eigenvalue weighted by Crippen LogP contribution is -2.25. The molecule has 172 valence electrons. The molecule has 1 amide bonds. The first-order chi connectivity index (χ1) is 15.8. The van der Waals surface area contributed by atoms with E-state index in [1.807, 2.05) is 0 Å². The van der Waals surface area contributed by atoms with Gasteiger partial charge in [-0.3, -0.25) is 9.89 Å². The summed E-state index contributed by atoms with van der Waals surface area (Å²) in [7, 11) is 0. The summed E-state index contributed by atoms with van der Waals surface area (Å²) >= 11 is 0. The third kappa shape index (κ3) is 4.98. The first-order valence-corrected chi connectivity index (χ1v) is 10.2. The molecule has 1 aliphatic heterocycles. The van der Waals surface area contributed by atoms with Crippen LogP contribution in [0.25, 0.3) is 11.1 Å². The van der Waals surface area contributed by atoms with E-state index in [9.17, 15) is 13.6 Å². The molecule has 2 aromatic carbocycles. The summed E-state index contributed by atoms with van der Waals surface area (Å²) in [5.41, 5.74) is 7.01. The second-order valence-corrected chi connectivity index (χ2v) is 7.65. The maximum absolute atomic E-state index is 14.9. The Morgan fingerprint density at radius 3 is 2.58 bits per heavy atom. The number of benzene rings is 2. The van der Waals surface area contributed by atoms with Gasteiger partial charge in [-0.2, -0.15) is 0 Å². The maximum atomic E-state index is 14.9. The minimum absolute atomic E-state index is 0.0668. The number of amidine groups is 1. The molecule has 0 bridgehead atoms. The summed E-state index contributed by atoms with van der Waals surface area (Å²) in [4.78, 5) is 17.4. The van der Waals surface area contributed by atoms with Crippen LogP contribution in [0.3, 0.4) is 0 Å². The number of nitrogens with zero attached hydrogens (tertiary/aromatic N) is 5. The van der Waals surface area contributed by atoms with Crippen molar-refractivity contribution in [1.29, 1.82) is 0 Å². The number of aliphatic imine (C=N–C) groups is 1. The molecule has 11 heteroatoms. The van der Waals surface area contributed by atoms with Crippen molar-refractivity contribution in [3.8, 4) is 11.1 Å². The summed E-state index contributed by atoms with van der Waals surface area (Å²) in [6, 6.07) is 8.88. The predicted molar refractivity (Wildman–Crippen MR) is 117 cm³/mol. The van der Waals surface area contributed by atoms with E-state index in [-0.39, 0.29) is 30.9 Å². The zero-order chi connectivity index (χ0) is 23.5. The van der Waals surface area contributed by atoms with E-state index in [0.29, 0.717) is 23.6 Å². The van der Waals surface area contributed by atoms with Crippen molar-refractivity contribution in [3.05, 3.63) is 65.5 Å². The van der Waals surface area contributed by atoms with Crippen LogP contribution in [0.4, 0.5) is 19.3 Å². The number of aliphatic hydroxyl groups is 1. The molecule has 9 nitrogen and oxygen atoms in total. The predicted octanol–water partition coefficient (Wildman–Crippen LogP) is 2.47. The number of amides is 1. The molecule has 3 aromatic rings. The fourth-order valence-corrected chi connectivity index (χ4v) is 3.52. The van der Waals surface area contributed by atoms with Crippen LogP contribution >= 0.6 is 0 Å². The van der Waals surface area contributed by atoms with E-state index in [1.54, 1.807) is 42.1 Å². The van der Waals surface area contributed by atoms with Crippen molar-refractivity contribution in [2.45, 2.75) is 26.2 Å². The molecule has 0 saturated carbocycles. The smallest absolute Gasteiger partial charge is 0.414 e. The molecule has 1 unspecified atom stereocenters. The molecular formula is C22H22F2N6O3. The Bertz CT molecular complexity index is 1170. The highest BCUT2D eigenvalue weighted by Crippen LogP contribution is 2.32. The highest BCUT2D eigenvalue weighted by Gasteiger charge is 2.33. The molecule has 1 saturated heterocycles. The first kappa shape index (κ1) is 22.3. The molecule has 1 atom stereocenters. The van der Waals surface area contributed by atoms with Crippen molar-refractivity contribution >= 4 is 17.6 Å². The lowest BCUT2D eigenvalue weighted by Gasteiger charge is -2.15. The number of hydrogen-bond acceptors (Lipinski definition) is 6. The monoisotopic (exact) mass is 456 g/mol. The van der Waals surface area contributed by atoms with Crippen molar-refractivity contribution < 1.29 is 23.4 Å². The van der Waals surface area contributed by atoms with Gasteiger partial charge in [0, 0.05) is 0 Å². The molecule has 1 fully saturated rings. The number of rotatable bonds is 7. The van der Waals surface area contributed by atoms with E-state index in [0.717, 1.165) is 17.7 Å². The SMILES string of the molecule is CC(N)=NCC1CN(c2cc(F)c(-c3ccc(Cn4cc(CO)nn4)cc3)c(F)c2)C(=O)O1. The zero-order valence-corrected chi connectivity index (χ0v) is 17.8. The van der Waals surface area contributed by atoms with Crippen LogP contribution < -0.4 is 10.6 Å². The number of carbonyl (C=O) groups excluding carboxylic acids is 1. The molecule has 2 heterocycles. The average molecular weight is 456 g/mol. The fourth-order valence-electron chi connectivity index (χ4n) is 3.52. The van der Waals surface area contributed by atoms with E-state index in [4.69, 9.17) is 15.6 Å². The Kier molecular flexibility index (Phi) is 6.31. The molecule has 1 aliphatic rings. The summed E-state index contributed by atoms with van der Waals surface area (Å²) in [5.74, 6) is -1.24. The van der Waals surface area contributed by atoms with Gasteiger partial charge in [0.1, 0.15) is 23.4 Å². The normalized spacial score (nSPS) is 16.4. The lowest BCUT2D eigenvalue weighted by atomic mass is 10.0. The Hall–Kier alpha value is -3.86. The van der Waals surface area contributed by atoms with Crippen LogP contribution in [0, 0.1) is 11.6 Å². The van der Waals surface area contributed by atoms with Crippen LogP contribution in [0.1, 0.15) is 18.2 Å². The molecule has 0 radical (unpaired) electrons. The Morgan fingerprint density at radius 2 is 1.97 bits per heavy atom. The molecule has 4 rings (SSSR count). The van der Waals surface area contributed by atoms with Crippen molar-refractivity contribution in [2.24, 2.45) is 10.7 Å². The van der Waals surface area contributed by atoms with Gasteiger partial charge in [-0.25, -0.2) is 18.3 Å². The number of nitrogens with two attached hydrogens (primary N) is 1. The van der Waals surface area contributed by atoms with E-state index in [1.165, 1.54) is 4.90 Å². The highest BCUT2D eigenvalue weighted by atomic mass is 19.1. The third-order valence-electron chi connectivity index (χ3n) is 5.09. The molecule has 0 aliphatic carbocycles. The fraction of sp³-hybridized carbons (Fsp3) is 0.273. The summed E-state index contributed by atoms with van der Waals surface area (Å²) in [6.07, 6.45) is 0.370. The topological polar surface area (TPSA) is 119 Å². The number of carbonyl (C=O) groups is 1. The summed E-state index contributed by atoms with van der Waals surface area (Å²) in [6.45, 7) is 2.10. The number of ether oxygens (including phenoxy) is 1. The molecule has 1 aromatic heterocycles. The van der Waals surface area contributed by atoms with Crippen molar-refractivity contribution in [1.82, 2.24) is 15.0 Å². The van der Waals surface area contributed by atoms with Crippen LogP contribution in [-0.2, 0) is 17.9 Å². The number of hydrogen-bond donors (Lipinski definition) is 2. The van der Waals surface area contributed by atoms with Crippen LogP contribution in [0.2, 0.25) is 0 Å². The lowest BCUT2D eigenvalue weighted by molar-refractivity contribution is 0.145. The van der Waals surface area contributed by atoms with Gasteiger partial charge in [0.2, 0.25) is 0 Å².